The molecule has 0 aliphatic carbocycles. The summed E-state index contributed by atoms with van der Waals surface area (Å²) in [5.74, 6) is 0.318. The first-order chi connectivity index (χ1) is 26.9. The predicted molar refractivity (Wildman–Crippen MR) is 220 cm³/mol. The maximum atomic E-state index is 13.3. The van der Waals surface area contributed by atoms with E-state index in [2.05, 4.69) is 46.6 Å². The summed E-state index contributed by atoms with van der Waals surface area (Å²) in [4.78, 5) is 36.4. The lowest BCUT2D eigenvalue weighted by atomic mass is 9.99. The second kappa shape index (κ2) is 16.8. The molecule has 294 valence electrons. The number of methoxy groups -OCH3 is 1. The number of halogens is 2. The number of rotatable bonds is 12. The molecule has 11 nitrogen and oxygen atoms in total. The van der Waals surface area contributed by atoms with Crippen LogP contribution in [0.2, 0.25) is 10.0 Å². The second-order valence-electron chi connectivity index (χ2n) is 15.5. The van der Waals surface area contributed by atoms with Crippen LogP contribution in [0, 0.1) is 0 Å². The van der Waals surface area contributed by atoms with Gasteiger partial charge in [-0.1, -0.05) is 53.5 Å². The van der Waals surface area contributed by atoms with Gasteiger partial charge in [-0.15, -0.1) is 0 Å². The number of hydrogen-bond acceptors (Lipinski definition) is 8. The fraction of sp³-hybridized carbons (Fsp3) is 0.395. The summed E-state index contributed by atoms with van der Waals surface area (Å²) in [6.45, 7) is 8.38. The molecule has 0 bridgehead atoms. The molecular formula is C43H48Cl2N6O5. The van der Waals surface area contributed by atoms with Gasteiger partial charge >= 0.3 is 6.09 Å². The lowest BCUT2D eigenvalue weighted by Crippen LogP contribution is -2.43. The van der Waals surface area contributed by atoms with Crippen molar-refractivity contribution in [2.45, 2.75) is 77.3 Å². The van der Waals surface area contributed by atoms with Crippen LogP contribution in [-0.2, 0) is 34.4 Å². The van der Waals surface area contributed by atoms with E-state index in [-0.39, 0.29) is 18.5 Å². The molecule has 2 aliphatic rings. The van der Waals surface area contributed by atoms with Crippen molar-refractivity contribution in [3.8, 4) is 39.5 Å². The highest BCUT2D eigenvalue weighted by molar-refractivity contribution is 6.39. The molecule has 2 aromatic carbocycles. The third kappa shape index (κ3) is 8.81. The Bertz CT molecular complexity index is 2250. The van der Waals surface area contributed by atoms with Crippen molar-refractivity contribution in [1.82, 2.24) is 30.1 Å². The summed E-state index contributed by atoms with van der Waals surface area (Å²) < 4.78 is 19.4. The number of aryl methyl sites for hydroxylation is 1. The van der Waals surface area contributed by atoms with Gasteiger partial charge in [0.2, 0.25) is 11.8 Å². The van der Waals surface area contributed by atoms with Gasteiger partial charge in [0.05, 0.1) is 41.2 Å². The largest absolute Gasteiger partial charge is 0.481 e. The smallest absolute Gasteiger partial charge is 0.410 e. The zero-order chi connectivity index (χ0) is 39.6. The van der Waals surface area contributed by atoms with Gasteiger partial charge in [0.15, 0.2) is 0 Å². The van der Waals surface area contributed by atoms with Crippen LogP contribution in [0.25, 0.3) is 44.5 Å². The van der Waals surface area contributed by atoms with Crippen molar-refractivity contribution in [3.63, 3.8) is 0 Å². The zero-order valence-electron chi connectivity index (χ0n) is 32.5. The summed E-state index contributed by atoms with van der Waals surface area (Å²) in [5.41, 5.74) is 6.60. The molecule has 7 rings (SSSR count). The molecule has 2 fully saturated rings. The van der Waals surface area contributed by atoms with Gasteiger partial charge in [0, 0.05) is 96.9 Å². The Hall–Kier alpha value is -4.68. The van der Waals surface area contributed by atoms with Gasteiger partial charge in [-0.25, -0.2) is 9.78 Å². The number of nitrogens with one attached hydrogen (secondary N) is 2. The molecule has 5 heterocycles. The Kier molecular flexibility index (Phi) is 11.9. The van der Waals surface area contributed by atoms with Crippen molar-refractivity contribution in [3.05, 3.63) is 88.2 Å². The van der Waals surface area contributed by atoms with E-state index >= 15 is 0 Å². The molecule has 0 radical (unpaired) electrons. The average Bonchev–Trinajstić information content (AvgIpc) is 3.92. The Morgan fingerprint density at radius 1 is 1.05 bits per heavy atom. The molecule has 2 amide bonds. The standard InChI is InChI=1S/C43H48Cl2N6O5/c1-43(2,3)56-42(53)51(25-29-13-16-37(52)48-29)24-27-12-15-35(49-41(27)54-5)34-10-6-9-32(38(34)44)33-17-18-47-40(39(33)45)26-11-14-31-28(23-50(4)36(31)20-26)21-46-22-30-8-7-19-55-30/h6,9-12,14-15,17-18,20,23,29-30,46H,7-8,13,16,19,21-22,24-25H2,1-5H3,(H,48,52)/t29-,30-/m0/s1. The molecule has 13 heteroatoms. The van der Waals surface area contributed by atoms with Crippen LogP contribution < -0.4 is 15.4 Å². The summed E-state index contributed by atoms with van der Waals surface area (Å²) >= 11 is 14.4. The SMILES string of the molecule is COc1nc(-c2cccc(-c3ccnc(-c4ccc5c(CNC[C@@H]6CCCO6)cn(C)c5c4)c3Cl)c2Cl)ccc1CN(C[C@@H]1CCC(=O)N1)C(=O)OC(C)(C)C. The Morgan fingerprint density at radius 2 is 1.86 bits per heavy atom. The molecule has 0 spiro atoms. The molecule has 0 saturated carbocycles. The fourth-order valence-electron chi connectivity index (χ4n) is 7.45. The number of fused-ring (bicyclic) bond motifs is 1. The highest BCUT2D eigenvalue weighted by Crippen LogP contribution is 2.42. The van der Waals surface area contributed by atoms with Crippen molar-refractivity contribution in [1.29, 1.82) is 0 Å². The molecule has 3 aromatic heterocycles. The number of hydrogen-bond donors (Lipinski definition) is 2. The lowest BCUT2D eigenvalue weighted by molar-refractivity contribution is -0.119. The van der Waals surface area contributed by atoms with Gasteiger partial charge in [0.1, 0.15) is 5.60 Å². The van der Waals surface area contributed by atoms with Gasteiger partial charge in [-0.2, -0.15) is 0 Å². The van der Waals surface area contributed by atoms with Gasteiger partial charge < -0.3 is 34.3 Å². The highest BCUT2D eigenvalue weighted by Gasteiger charge is 2.29. The maximum Gasteiger partial charge on any atom is 0.410 e. The number of aromatic nitrogens is 3. The number of pyridine rings is 2. The first kappa shape index (κ1) is 39.6. The molecule has 5 aromatic rings. The number of benzene rings is 2. The van der Waals surface area contributed by atoms with Crippen molar-refractivity contribution in [2.75, 3.05) is 26.8 Å². The number of carbonyl (C=O) groups is 2. The topological polar surface area (TPSA) is 120 Å². The van der Waals surface area contributed by atoms with Crippen molar-refractivity contribution >= 4 is 46.1 Å². The summed E-state index contributed by atoms with van der Waals surface area (Å²) in [6.07, 6.45) is 7.02. The van der Waals surface area contributed by atoms with Crippen molar-refractivity contribution in [2.24, 2.45) is 7.05 Å². The zero-order valence-corrected chi connectivity index (χ0v) is 34.0. The third-order valence-electron chi connectivity index (χ3n) is 10.2. The Balaban J connectivity index is 1.14. The third-order valence-corrected chi connectivity index (χ3v) is 11.0. The van der Waals surface area contributed by atoms with Gasteiger partial charge in [-0.3, -0.25) is 9.78 Å². The van der Waals surface area contributed by atoms with E-state index < -0.39 is 11.7 Å². The number of carbonyl (C=O) groups excluding carboxylic acids is 2. The Labute approximate surface area is 337 Å². The van der Waals surface area contributed by atoms with Crippen LogP contribution in [0.15, 0.2) is 67.0 Å². The van der Waals surface area contributed by atoms with E-state index in [1.807, 2.05) is 57.2 Å². The normalized spacial score (nSPS) is 17.0. The number of amides is 2. The number of nitrogens with zero attached hydrogens (tertiary/aromatic N) is 4. The minimum Gasteiger partial charge on any atom is -0.481 e. The van der Waals surface area contributed by atoms with E-state index in [9.17, 15) is 9.59 Å². The molecule has 2 atom stereocenters. The van der Waals surface area contributed by atoms with E-state index in [1.54, 1.807) is 11.1 Å². The molecule has 2 aliphatic heterocycles. The first-order valence-electron chi connectivity index (χ1n) is 19.0. The van der Waals surface area contributed by atoms with E-state index in [0.29, 0.717) is 63.9 Å². The summed E-state index contributed by atoms with van der Waals surface area (Å²) in [6, 6.07) is 17.5. The first-order valence-corrected chi connectivity index (χ1v) is 19.8. The second-order valence-corrected chi connectivity index (χ2v) is 16.2. The highest BCUT2D eigenvalue weighted by atomic mass is 35.5. The summed E-state index contributed by atoms with van der Waals surface area (Å²) in [5, 5.41) is 8.64. The monoisotopic (exact) mass is 798 g/mol. The molecular weight excluding hydrogens is 751 g/mol. The van der Waals surface area contributed by atoms with Crippen LogP contribution >= 0.6 is 23.2 Å². The summed E-state index contributed by atoms with van der Waals surface area (Å²) in [7, 11) is 3.59. The van der Waals surface area contributed by atoms with Crippen molar-refractivity contribution < 1.29 is 23.8 Å². The van der Waals surface area contributed by atoms with Crippen LogP contribution in [0.3, 0.4) is 0 Å². The van der Waals surface area contributed by atoms with Crippen LogP contribution in [0.1, 0.15) is 57.6 Å². The average molecular weight is 800 g/mol. The van der Waals surface area contributed by atoms with Gasteiger partial charge in [0.25, 0.3) is 0 Å². The van der Waals surface area contributed by atoms with Crippen LogP contribution in [-0.4, -0.2) is 76.0 Å². The van der Waals surface area contributed by atoms with Crippen LogP contribution in [0.5, 0.6) is 5.88 Å². The predicted octanol–water partition coefficient (Wildman–Crippen LogP) is 8.57. The van der Waals surface area contributed by atoms with E-state index in [0.717, 1.165) is 54.7 Å². The fourth-order valence-corrected chi connectivity index (χ4v) is 8.10. The Morgan fingerprint density at radius 3 is 2.59 bits per heavy atom. The minimum atomic E-state index is -0.692. The van der Waals surface area contributed by atoms with E-state index in [4.69, 9.17) is 47.4 Å². The maximum absolute atomic E-state index is 13.3. The molecule has 0 unspecified atom stereocenters. The van der Waals surface area contributed by atoms with Crippen LogP contribution in [0.4, 0.5) is 4.79 Å². The number of ether oxygens (including phenoxy) is 3. The molecule has 2 N–H and O–H groups in total. The molecule has 2 saturated heterocycles. The molecule has 56 heavy (non-hydrogen) atoms. The quantitative estimate of drug-likeness (QED) is 0.129. The minimum absolute atomic E-state index is 0.0251. The van der Waals surface area contributed by atoms with Gasteiger partial charge in [-0.05, 0) is 69.9 Å². The lowest BCUT2D eigenvalue weighted by Gasteiger charge is -2.29. The van der Waals surface area contributed by atoms with E-state index in [1.165, 1.54) is 18.1 Å².